The van der Waals surface area contributed by atoms with E-state index in [0.717, 1.165) is 17.0 Å². The molecule has 8 heteroatoms. The van der Waals surface area contributed by atoms with Gasteiger partial charge in [0.05, 0.1) is 23.1 Å². The molecule has 0 fully saturated rings. The summed E-state index contributed by atoms with van der Waals surface area (Å²) in [6.45, 7) is 3.88. The van der Waals surface area contributed by atoms with Crippen LogP contribution in [0.15, 0.2) is 24.3 Å². The Morgan fingerprint density at radius 1 is 1.33 bits per heavy atom. The molecular weight excluding hydrogens is 346 g/mol. The minimum absolute atomic E-state index is 0.247. The highest BCUT2D eigenvalue weighted by Crippen LogP contribution is 2.22. The molecule has 0 atom stereocenters. The predicted octanol–water partition coefficient (Wildman–Crippen LogP) is 2.44. The van der Waals surface area contributed by atoms with E-state index in [1.807, 2.05) is 19.9 Å². The second-order valence-electron chi connectivity index (χ2n) is 5.26. The number of hydrogen-bond acceptors (Lipinski definition) is 6. The number of nitrogens with one attached hydrogen (secondary N) is 1. The fourth-order valence-electron chi connectivity index (χ4n) is 2.15. The predicted molar refractivity (Wildman–Crippen MR) is 93.5 cm³/mol. The normalized spacial score (nSPS) is 11.0. The molecule has 2 rings (SSSR count). The van der Waals surface area contributed by atoms with E-state index in [-0.39, 0.29) is 5.75 Å². The summed E-state index contributed by atoms with van der Waals surface area (Å²) in [5, 5.41) is 11.7. The number of aromatic nitrogens is 1. The zero-order chi connectivity index (χ0) is 17.7. The molecule has 0 bridgehead atoms. The average molecular weight is 363 g/mol. The molecule has 1 aromatic carbocycles. The third kappa shape index (κ3) is 4.88. The minimum Gasteiger partial charge on any atom is -0.301 e. The molecule has 1 heterocycles. The number of nitriles is 1. The molecule has 0 saturated carbocycles. The Balaban J connectivity index is 1.99. The highest BCUT2D eigenvalue weighted by atomic mass is 32.2. The first-order valence-corrected chi connectivity index (χ1v) is 9.92. The van der Waals surface area contributed by atoms with Crippen LogP contribution >= 0.6 is 11.3 Å². The molecule has 0 aliphatic carbocycles. The third-order valence-corrected chi connectivity index (χ3v) is 5.70. The van der Waals surface area contributed by atoms with Gasteiger partial charge in [-0.15, -0.1) is 11.3 Å². The Bertz CT molecular complexity index is 878. The average Bonchev–Trinajstić information content (AvgIpc) is 2.86. The van der Waals surface area contributed by atoms with E-state index in [2.05, 4.69) is 10.3 Å². The van der Waals surface area contributed by atoms with Gasteiger partial charge < -0.3 is 5.32 Å². The van der Waals surface area contributed by atoms with Crippen molar-refractivity contribution in [2.45, 2.75) is 26.0 Å². The largest absolute Gasteiger partial charge is 0.301 e. The number of anilines is 1. The second kappa shape index (κ2) is 7.55. The van der Waals surface area contributed by atoms with Gasteiger partial charge in [0.15, 0.2) is 15.0 Å². The van der Waals surface area contributed by atoms with Crippen LogP contribution in [-0.4, -0.2) is 25.1 Å². The molecule has 0 aliphatic rings. The fourth-order valence-corrected chi connectivity index (χ4v) is 4.34. The van der Waals surface area contributed by atoms with E-state index < -0.39 is 21.5 Å². The number of rotatable bonds is 6. The van der Waals surface area contributed by atoms with Crippen molar-refractivity contribution in [1.29, 1.82) is 5.26 Å². The van der Waals surface area contributed by atoms with Crippen molar-refractivity contribution in [3.8, 4) is 6.07 Å². The molecule has 126 valence electrons. The van der Waals surface area contributed by atoms with Gasteiger partial charge in [-0.2, -0.15) is 5.26 Å². The summed E-state index contributed by atoms with van der Waals surface area (Å²) in [6.07, 6.45) is 0.759. The first-order valence-electron chi connectivity index (χ1n) is 7.28. The smallest absolute Gasteiger partial charge is 0.241 e. The Kier molecular flexibility index (Phi) is 5.70. The first-order chi connectivity index (χ1) is 11.3. The van der Waals surface area contributed by atoms with Gasteiger partial charge in [-0.25, -0.2) is 13.4 Å². The SMILES string of the molecule is CCc1nc(NC(=O)CS(=O)(=O)Cc2ccc(C#N)cc2)sc1C. The van der Waals surface area contributed by atoms with Crippen LogP contribution in [-0.2, 0) is 26.8 Å². The quantitative estimate of drug-likeness (QED) is 0.849. The van der Waals surface area contributed by atoms with Crippen LogP contribution in [0.3, 0.4) is 0 Å². The molecular formula is C16H17N3O3S2. The number of nitrogens with zero attached hydrogens (tertiary/aromatic N) is 2. The van der Waals surface area contributed by atoms with Gasteiger partial charge in [-0.3, -0.25) is 4.79 Å². The summed E-state index contributed by atoms with van der Waals surface area (Å²) in [5.41, 5.74) is 1.90. The Hall–Kier alpha value is -2.24. The van der Waals surface area contributed by atoms with E-state index in [1.54, 1.807) is 24.3 Å². The second-order valence-corrected chi connectivity index (χ2v) is 8.53. The Labute approximate surface area is 145 Å². The number of carbonyl (C=O) groups is 1. The molecule has 1 amide bonds. The van der Waals surface area contributed by atoms with Crippen molar-refractivity contribution < 1.29 is 13.2 Å². The van der Waals surface area contributed by atoms with E-state index in [9.17, 15) is 13.2 Å². The van der Waals surface area contributed by atoms with Crippen molar-refractivity contribution in [2.75, 3.05) is 11.1 Å². The van der Waals surface area contributed by atoms with Crippen molar-refractivity contribution in [3.63, 3.8) is 0 Å². The number of hydrogen-bond donors (Lipinski definition) is 1. The summed E-state index contributed by atoms with van der Waals surface area (Å²) < 4.78 is 24.3. The lowest BCUT2D eigenvalue weighted by Crippen LogP contribution is -2.23. The van der Waals surface area contributed by atoms with Gasteiger partial charge in [0.25, 0.3) is 0 Å². The zero-order valence-corrected chi connectivity index (χ0v) is 15.0. The molecule has 1 N–H and O–H groups in total. The number of sulfone groups is 1. The fraction of sp³-hybridized carbons (Fsp3) is 0.312. The molecule has 0 unspecified atom stereocenters. The van der Waals surface area contributed by atoms with E-state index in [1.165, 1.54) is 11.3 Å². The van der Waals surface area contributed by atoms with Crippen LogP contribution in [0.4, 0.5) is 5.13 Å². The Morgan fingerprint density at radius 2 is 2.00 bits per heavy atom. The maximum Gasteiger partial charge on any atom is 0.241 e. The third-order valence-electron chi connectivity index (χ3n) is 3.29. The standard InChI is InChI=1S/C16H17N3O3S2/c1-3-14-11(2)23-16(18-14)19-15(20)10-24(21,22)9-13-6-4-12(8-17)5-7-13/h4-7H,3,9-10H2,1-2H3,(H,18,19,20). The van der Waals surface area contributed by atoms with Crippen LogP contribution in [0.5, 0.6) is 0 Å². The minimum atomic E-state index is -3.60. The summed E-state index contributed by atoms with van der Waals surface area (Å²) in [6, 6.07) is 8.22. The summed E-state index contributed by atoms with van der Waals surface area (Å²) in [7, 11) is -3.60. The highest BCUT2D eigenvalue weighted by molar-refractivity contribution is 7.91. The van der Waals surface area contributed by atoms with Gasteiger partial charge in [0.1, 0.15) is 5.75 Å². The lowest BCUT2D eigenvalue weighted by molar-refractivity contribution is -0.113. The van der Waals surface area contributed by atoms with E-state index in [4.69, 9.17) is 5.26 Å². The zero-order valence-electron chi connectivity index (χ0n) is 13.4. The lowest BCUT2D eigenvalue weighted by Gasteiger charge is -2.05. The van der Waals surface area contributed by atoms with Gasteiger partial charge >= 0.3 is 0 Å². The molecule has 0 spiro atoms. The van der Waals surface area contributed by atoms with Gasteiger partial charge in [0.2, 0.25) is 5.91 Å². The van der Waals surface area contributed by atoms with Crippen molar-refractivity contribution in [1.82, 2.24) is 4.98 Å². The van der Waals surface area contributed by atoms with E-state index in [0.29, 0.717) is 16.3 Å². The maximum atomic E-state index is 12.1. The molecule has 24 heavy (non-hydrogen) atoms. The van der Waals surface area contributed by atoms with Gasteiger partial charge in [-0.1, -0.05) is 19.1 Å². The molecule has 0 radical (unpaired) electrons. The molecule has 6 nitrogen and oxygen atoms in total. The van der Waals surface area contributed by atoms with Crippen molar-refractivity contribution >= 4 is 32.2 Å². The van der Waals surface area contributed by atoms with Crippen LogP contribution in [0.2, 0.25) is 0 Å². The van der Waals surface area contributed by atoms with Crippen LogP contribution in [0, 0.1) is 18.3 Å². The van der Waals surface area contributed by atoms with Gasteiger partial charge in [-0.05, 0) is 31.0 Å². The van der Waals surface area contributed by atoms with Crippen molar-refractivity contribution in [2.24, 2.45) is 0 Å². The summed E-state index contributed by atoms with van der Waals surface area (Å²) in [4.78, 5) is 17.2. The van der Waals surface area contributed by atoms with Gasteiger partial charge in [0, 0.05) is 4.88 Å². The number of carbonyl (C=O) groups excluding carboxylic acids is 1. The first kappa shape index (κ1) is 18.1. The van der Waals surface area contributed by atoms with Crippen LogP contribution in [0.1, 0.15) is 28.6 Å². The highest BCUT2D eigenvalue weighted by Gasteiger charge is 2.19. The van der Waals surface area contributed by atoms with E-state index >= 15 is 0 Å². The molecule has 2 aromatic rings. The number of amides is 1. The summed E-state index contributed by atoms with van der Waals surface area (Å²) >= 11 is 1.33. The van der Waals surface area contributed by atoms with Crippen LogP contribution < -0.4 is 5.32 Å². The molecule has 0 saturated heterocycles. The lowest BCUT2D eigenvalue weighted by atomic mass is 10.2. The number of benzene rings is 1. The Morgan fingerprint density at radius 3 is 2.54 bits per heavy atom. The molecule has 0 aliphatic heterocycles. The molecule has 1 aromatic heterocycles. The van der Waals surface area contributed by atoms with Crippen LogP contribution in [0.25, 0.3) is 0 Å². The topological polar surface area (TPSA) is 99.9 Å². The number of aryl methyl sites for hydroxylation is 2. The van der Waals surface area contributed by atoms with Crippen molar-refractivity contribution in [3.05, 3.63) is 46.0 Å². The summed E-state index contributed by atoms with van der Waals surface area (Å²) in [5.74, 6) is -1.45. The number of thiazole rings is 1. The maximum absolute atomic E-state index is 12.1. The monoisotopic (exact) mass is 363 g/mol.